The van der Waals surface area contributed by atoms with Gasteiger partial charge in [0.25, 0.3) is 0 Å². The van der Waals surface area contributed by atoms with Crippen molar-refractivity contribution in [3.05, 3.63) is 24.0 Å². The number of hydrogen-bond acceptors (Lipinski definition) is 2. The molecule has 0 fully saturated rings. The molecular weight excluding hydrogens is 176 g/mol. The first-order valence-electron chi connectivity index (χ1n) is 4.74. The number of pyridine rings is 1. The van der Waals surface area contributed by atoms with Crippen molar-refractivity contribution in [3.8, 4) is 5.88 Å². The number of H-pyrrole nitrogens is 1. The third-order valence-electron chi connectivity index (χ3n) is 2.41. The first-order chi connectivity index (χ1) is 6.74. The number of ether oxygens (including phenoxy) is 1. The Balaban J connectivity index is 2.72. The molecule has 3 heteroatoms. The maximum atomic E-state index is 5.18. The number of fused-ring (bicyclic) bond motifs is 1. The average molecular weight is 190 g/mol. The fourth-order valence-electron chi connectivity index (χ4n) is 1.66. The Morgan fingerprint density at radius 2 is 2.21 bits per heavy atom. The predicted octanol–water partition coefficient (Wildman–Crippen LogP) is 2.69. The summed E-state index contributed by atoms with van der Waals surface area (Å²) in [6.07, 6.45) is 3.81. The van der Waals surface area contributed by atoms with E-state index in [0.717, 1.165) is 5.52 Å². The summed E-state index contributed by atoms with van der Waals surface area (Å²) < 4.78 is 5.18. The summed E-state index contributed by atoms with van der Waals surface area (Å²) in [4.78, 5) is 7.41. The van der Waals surface area contributed by atoms with Gasteiger partial charge < -0.3 is 9.72 Å². The molecule has 0 amide bonds. The Bertz CT molecular complexity index is 445. The van der Waals surface area contributed by atoms with Crippen molar-refractivity contribution >= 4 is 10.9 Å². The molecule has 2 rings (SSSR count). The molecule has 0 aromatic carbocycles. The van der Waals surface area contributed by atoms with Crippen LogP contribution in [0.3, 0.4) is 0 Å². The molecule has 0 saturated carbocycles. The Labute approximate surface area is 83.1 Å². The standard InChI is InChI=1S/C11H14N2O/c1-7(2)9-6-13-11(14-3)10-8(9)4-5-12-10/h4-7,12H,1-3H3. The Hall–Kier alpha value is -1.51. The molecule has 0 radical (unpaired) electrons. The fourth-order valence-corrected chi connectivity index (χ4v) is 1.66. The van der Waals surface area contributed by atoms with Gasteiger partial charge in [0.15, 0.2) is 0 Å². The van der Waals surface area contributed by atoms with E-state index in [1.165, 1.54) is 10.9 Å². The van der Waals surface area contributed by atoms with Gasteiger partial charge in [-0.05, 0) is 17.5 Å². The average Bonchev–Trinajstić information content (AvgIpc) is 2.64. The molecule has 2 aromatic heterocycles. The first kappa shape index (κ1) is 9.06. The van der Waals surface area contributed by atoms with Crippen LogP contribution in [0.1, 0.15) is 25.3 Å². The number of hydrogen-bond donors (Lipinski definition) is 1. The van der Waals surface area contributed by atoms with Crippen LogP contribution >= 0.6 is 0 Å². The SMILES string of the molecule is COc1ncc(C(C)C)c2cc[nH]c12. The van der Waals surface area contributed by atoms with Gasteiger partial charge in [0, 0.05) is 17.8 Å². The van der Waals surface area contributed by atoms with Crippen molar-refractivity contribution in [2.24, 2.45) is 0 Å². The van der Waals surface area contributed by atoms with E-state index in [1.54, 1.807) is 7.11 Å². The van der Waals surface area contributed by atoms with Gasteiger partial charge in [-0.2, -0.15) is 0 Å². The van der Waals surface area contributed by atoms with E-state index < -0.39 is 0 Å². The highest BCUT2D eigenvalue weighted by molar-refractivity contribution is 5.86. The second-order valence-corrected chi connectivity index (χ2v) is 3.64. The van der Waals surface area contributed by atoms with Crippen molar-refractivity contribution in [3.63, 3.8) is 0 Å². The van der Waals surface area contributed by atoms with Gasteiger partial charge in [-0.3, -0.25) is 0 Å². The summed E-state index contributed by atoms with van der Waals surface area (Å²) in [5.41, 5.74) is 2.24. The van der Waals surface area contributed by atoms with Crippen molar-refractivity contribution in [1.82, 2.24) is 9.97 Å². The van der Waals surface area contributed by atoms with E-state index in [0.29, 0.717) is 11.8 Å². The highest BCUT2D eigenvalue weighted by Crippen LogP contribution is 2.28. The van der Waals surface area contributed by atoms with Crippen LogP contribution in [0.25, 0.3) is 10.9 Å². The van der Waals surface area contributed by atoms with Gasteiger partial charge in [-0.15, -0.1) is 0 Å². The van der Waals surface area contributed by atoms with Crippen LogP contribution in [0, 0.1) is 0 Å². The Morgan fingerprint density at radius 1 is 1.43 bits per heavy atom. The molecule has 0 saturated heterocycles. The van der Waals surface area contributed by atoms with Gasteiger partial charge in [0.1, 0.15) is 5.52 Å². The lowest BCUT2D eigenvalue weighted by Crippen LogP contribution is -1.94. The highest BCUT2D eigenvalue weighted by atomic mass is 16.5. The molecule has 0 unspecified atom stereocenters. The molecule has 1 N–H and O–H groups in total. The number of nitrogens with one attached hydrogen (secondary N) is 1. The van der Waals surface area contributed by atoms with Crippen LogP contribution in [0.5, 0.6) is 5.88 Å². The van der Waals surface area contributed by atoms with Crippen LogP contribution in [0.15, 0.2) is 18.5 Å². The van der Waals surface area contributed by atoms with Gasteiger partial charge in [-0.25, -0.2) is 4.98 Å². The van der Waals surface area contributed by atoms with E-state index in [1.807, 2.05) is 12.4 Å². The minimum absolute atomic E-state index is 0.478. The lowest BCUT2D eigenvalue weighted by Gasteiger charge is -2.08. The largest absolute Gasteiger partial charge is 0.479 e. The number of methoxy groups -OCH3 is 1. The molecule has 0 aliphatic heterocycles. The second-order valence-electron chi connectivity index (χ2n) is 3.64. The molecule has 0 aliphatic rings. The quantitative estimate of drug-likeness (QED) is 0.790. The van der Waals surface area contributed by atoms with Crippen LogP contribution < -0.4 is 4.74 Å². The molecular formula is C11H14N2O. The summed E-state index contributed by atoms with van der Waals surface area (Å²) in [6.45, 7) is 4.33. The molecule has 2 heterocycles. The molecule has 0 bridgehead atoms. The molecule has 0 spiro atoms. The maximum Gasteiger partial charge on any atom is 0.238 e. The molecule has 74 valence electrons. The Kier molecular flexibility index (Phi) is 2.15. The van der Waals surface area contributed by atoms with E-state index in [-0.39, 0.29) is 0 Å². The molecule has 0 aliphatic carbocycles. The van der Waals surface area contributed by atoms with E-state index in [4.69, 9.17) is 4.74 Å². The molecule has 3 nitrogen and oxygen atoms in total. The van der Waals surface area contributed by atoms with Crippen LogP contribution in [-0.2, 0) is 0 Å². The van der Waals surface area contributed by atoms with Crippen LogP contribution in [-0.4, -0.2) is 17.1 Å². The number of nitrogens with zero attached hydrogens (tertiary/aromatic N) is 1. The smallest absolute Gasteiger partial charge is 0.238 e. The van der Waals surface area contributed by atoms with Crippen LogP contribution in [0.2, 0.25) is 0 Å². The third-order valence-corrected chi connectivity index (χ3v) is 2.41. The van der Waals surface area contributed by atoms with Crippen molar-refractivity contribution < 1.29 is 4.74 Å². The van der Waals surface area contributed by atoms with Gasteiger partial charge in [0.2, 0.25) is 5.88 Å². The van der Waals surface area contributed by atoms with Gasteiger partial charge >= 0.3 is 0 Å². The summed E-state index contributed by atoms with van der Waals surface area (Å²) in [7, 11) is 1.64. The second kappa shape index (κ2) is 3.33. The van der Waals surface area contributed by atoms with Gasteiger partial charge in [-0.1, -0.05) is 13.8 Å². The number of rotatable bonds is 2. The van der Waals surface area contributed by atoms with E-state index >= 15 is 0 Å². The maximum absolute atomic E-state index is 5.18. The van der Waals surface area contributed by atoms with Crippen molar-refractivity contribution in [2.75, 3.05) is 7.11 Å². The normalized spacial score (nSPS) is 11.1. The summed E-state index contributed by atoms with van der Waals surface area (Å²) in [5.74, 6) is 1.14. The molecule has 2 aromatic rings. The number of aromatic amines is 1. The topological polar surface area (TPSA) is 37.9 Å². The summed E-state index contributed by atoms with van der Waals surface area (Å²) in [6, 6.07) is 2.06. The minimum Gasteiger partial charge on any atom is -0.479 e. The Morgan fingerprint density at radius 3 is 2.86 bits per heavy atom. The minimum atomic E-state index is 0.478. The van der Waals surface area contributed by atoms with Crippen molar-refractivity contribution in [2.45, 2.75) is 19.8 Å². The first-order valence-corrected chi connectivity index (χ1v) is 4.74. The fraction of sp³-hybridized carbons (Fsp3) is 0.364. The third kappa shape index (κ3) is 1.25. The summed E-state index contributed by atoms with van der Waals surface area (Å²) in [5, 5.41) is 1.20. The lowest BCUT2D eigenvalue weighted by atomic mass is 10.0. The van der Waals surface area contributed by atoms with Crippen LogP contribution in [0.4, 0.5) is 0 Å². The predicted molar refractivity (Wildman–Crippen MR) is 56.7 cm³/mol. The highest BCUT2D eigenvalue weighted by Gasteiger charge is 2.10. The van der Waals surface area contributed by atoms with E-state index in [2.05, 4.69) is 29.9 Å². The molecule has 0 atom stereocenters. The zero-order chi connectivity index (χ0) is 10.1. The number of aromatic nitrogens is 2. The summed E-state index contributed by atoms with van der Waals surface area (Å²) >= 11 is 0. The zero-order valence-electron chi connectivity index (χ0n) is 8.66. The monoisotopic (exact) mass is 190 g/mol. The van der Waals surface area contributed by atoms with Gasteiger partial charge in [0.05, 0.1) is 7.11 Å². The van der Waals surface area contributed by atoms with Crippen molar-refractivity contribution in [1.29, 1.82) is 0 Å². The zero-order valence-corrected chi connectivity index (χ0v) is 8.66. The lowest BCUT2D eigenvalue weighted by molar-refractivity contribution is 0.402. The van der Waals surface area contributed by atoms with E-state index in [9.17, 15) is 0 Å². The molecule has 14 heavy (non-hydrogen) atoms.